The molecule has 3 unspecified atom stereocenters. The van der Waals surface area contributed by atoms with Gasteiger partial charge < -0.3 is 15.7 Å². The van der Waals surface area contributed by atoms with Gasteiger partial charge in [-0.2, -0.15) is 0 Å². The van der Waals surface area contributed by atoms with Crippen molar-refractivity contribution in [3.63, 3.8) is 0 Å². The summed E-state index contributed by atoms with van der Waals surface area (Å²) in [6.45, 7) is 6.99. The van der Waals surface area contributed by atoms with E-state index < -0.39 is 5.97 Å². The summed E-state index contributed by atoms with van der Waals surface area (Å²) in [5.41, 5.74) is 0. The first kappa shape index (κ1) is 17.8. The minimum atomic E-state index is -0.749. The summed E-state index contributed by atoms with van der Waals surface area (Å²) >= 11 is 0. The van der Waals surface area contributed by atoms with Gasteiger partial charge in [0.15, 0.2) is 0 Å². The Balaban J connectivity index is 2.23. The highest BCUT2D eigenvalue weighted by Crippen LogP contribution is 2.24. The highest BCUT2D eigenvalue weighted by atomic mass is 16.4. The number of rotatable bonds is 8. The van der Waals surface area contributed by atoms with Gasteiger partial charge in [-0.1, -0.05) is 27.2 Å². The second kappa shape index (κ2) is 8.90. The quantitative estimate of drug-likeness (QED) is 0.644. The Labute approximate surface area is 127 Å². The fourth-order valence-electron chi connectivity index (χ4n) is 3.07. The van der Waals surface area contributed by atoms with Crippen molar-refractivity contribution in [2.45, 2.75) is 65.3 Å². The van der Waals surface area contributed by atoms with Crippen molar-refractivity contribution < 1.29 is 14.7 Å². The Kier molecular flexibility index (Phi) is 7.54. The molecular formula is C16H30N2O3. The molecule has 5 heteroatoms. The fourth-order valence-corrected chi connectivity index (χ4v) is 3.07. The first-order valence-corrected chi connectivity index (χ1v) is 8.16. The normalized spacial score (nSPS) is 23.0. The summed E-state index contributed by atoms with van der Waals surface area (Å²) in [5, 5.41) is 14.7. The van der Waals surface area contributed by atoms with Gasteiger partial charge in [-0.05, 0) is 43.4 Å². The number of hydrogen-bond acceptors (Lipinski definition) is 2. The molecule has 2 amide bonds. The molecule has 0 heterocycles. The van der Waals surface area contributed by atoms with Crippen molar-refractivity contribution in [3.8, 4) is 0 Å². The van der Waals surface area contributed by atoms with Gasteiger partial charge in [0.1, 0.15) is 0 Å². The maximum atomic E-state index is 11.8. The minimum Gasteiger partial charge on any atom is -0.481 e. The van der Waals surface area contributed by atoms with Crippen LogP contribution < -0.4 is 10.6 Å². The van der Waals surface area contributed by atoms with Gasteiger partial charge in [0.2, 0.25) is 0 Å². The summed E-state index contributed by atoms with van der Waals surface area (Å²) in [6, 6.07) is 0.215. The lowest BCUT2D eigenvalue weighted by molar-refractivity contribution is -0.137. The summed E-state index contributed by atoms with van der Waals surface area (Å²) < 4.78 is 0. The molecule has 0 bridgehead atoms. The maximum absolute atomic E-state index is 11.8. The average Bonchev–Trinajstić information content (AvgIpc) is 2.78. The van der Waals surface area contributed by atoms with Gasteiger partial charge >= 0.3 is 12.0 Å². The second-order valence-corrected chi connectivity index (χ2v) is 6.64. The zero-order valence-electron chi connectivity index (χ0n) is 13.5. The molecule has 0 aliphatic heterocycles. The van der Waals surface area contributed by atoms with E-state index in [1.807, 2.05) is 0 Å². The van der Waals surface area contributed by atoms with E-state index in [0.29, 0.717) is 36.8 Å². The third-order valence-electron chi connectivity index (χ3n) is 4.65. The molecule has 1 rings (SSSR count). The molecule has 122 valence electrons. The zero-order valence-corrected chi connectivity index (χ0v) is 13.5. The second-order valence-electron chi connectivity index (χ2n) is 6.64. The topological polar surface area (TPSA) is 78.4 Å². The number of nitrogens with one attached hydrogen (secondary N) is 2. The first-order valence-electron chi connectivity index (χ1n) is 8.16. The van der Waals surface area contributed by atoms with Crippen LogP contribution in [0.25, 0.3) is 0 Å². The van der Waals surface area contributed by atoms with Crippen molar-refractivity contribution in [1.29, 1.82) is 0 Å². The van der Waals surface area contributed by atoms with Crippen molar-refractivity contribution >= 4 is 12.0 Å². The Bertz CT molecular complexity index is 344. The molecule has 3 N–H and O–H groups in total. The summed E-state index contributed by atoms with van der Waals surface area (Å²) in [6.07, 6.45) is 5.16. The van der Waals surface area contributed by atoms with Gasteiger partial charge in [-0.25, -0.2) is 4.79 Å². The van der Waals surface area contributed by atoms with E-state index in [1.165, 1.54) is 12.8 Å². The number of carbonyl (C=O) groups excluding carboxylic acids is 1. The highest BCUT2D eigenvalue weighted by Gasteiger charge is 2.24. The Morgan fingerprint density at radius 1 is 1.24 bits per heavy atom. The SMILES string of the molecule is CC(C)C(CCNC(=O)NC1CCCC1C)CCC(=O)O. The Morgan fingerprint density at radius 2 is 1.95 bits per heavy atom. The smallest absolute Gasteiger partial charge is 0.315 e. The van der Waals surface area contributed by atoms with Crippen LogP contribution in [0.1, 0.15) is 59.3 Å². The van der Waals surface area contributed by atoms with Gasteiger partial charge in [-0.15, -0.1) is 0 Å². The van der Waals surface area contributed by atoms with Crippen LogP contribution in [0, 0.1) is 17.8 Å². The highest BCUT2D eigenvalue weighted by molar-refractivity contribution is 5.74. The number of carboxylic acid groups (broad SMARTS) is 1. The molecule has 0 aromatic rings. The molecule has 0 aromatic heterocycles. The number of carboxylic acids is 1. The van der Waals surface area contributed by atoms with E-state index in [0.717, 1.165) is 12.8 Å². The van der Waals surface area contributed by atoms with Gasteiger partial charge in [0.25, 0.3) is 0 Å². The molecule has 0 saturated heterocycles. The van der Waals surface area contributed by atoms with Crippen LogP contribution in [0.15, 0.2) is 0 Å². The van der Waals surface area contributed by atoms with E-state index in [1.54, 1.807) is 0 Å². The molecule has 5 nitrogen and oxygen atoms in total. The molecule has 1 aliphatic carbocycles. The third-order valence-corrected chi connectivity index (χ3v) is 4.65. The lowest BCUT2D eigenvalue weighted by atomic mass is 9.88. The lowest BCUT2D eigenvalue weighted by Crippen LogP contribution is -2.43. The summed E-state index contributed by atoms with van der Waals surface area (Å²) in [5.74, 6) is 0.590. The van der Waals surface area contributed by atoms with Crippen LogP contribution in [-0.2, 0) is 4.79 Å². The van der Waals surface area contributed by atoms with Crippen LogP contribution in [-0.4, -0.2) is 29.7 Å². The van der Waals surface area contributed by atoms with Crippen LogP contribution in [0.2, 0.25) is 0 Å². The molecule has 3 atom stereocenters. The molecule has 1 saturated carbocycles. The maximum Gasteiger partial charge on any atom is 0.315 e. The molecule has 0 radical (unpaired) electrons. The monoisotopic (exact) mass is 298 g/mol. The number of hydrogen-bond donors (Lipinski definition) is 3. The number of aliphatic carboxylic acids is 1. The largest absolute Gasteiger partial charge is 0.481 e. The fraction of sp³-hybridized carbons (Fsp3) is 0.875. The number of urea groups is 1. The molecule has 1 fully saturated rings. The van der Waals surface area contributed by atoms with Crippen LogP contribution >= 0.6 is 0 Å². The van der Waals surface area contributed by atoms with Gasteiger partial charge in [0, 0.05) is 19.0 Å². The van der Waals surface area contributed by atoms with Crippen molar-refractivity contribution in [2.75, 3.05) is 6.54 Å². The number of amides is 2. The Morgan fingerprint density at radius 3 is 2.48 bits per heavy atom. The molecular weight excluding hydrogens is 268 g/mol. The van der Waals surface area contributed by atoms with Gasteiger partial charge in [0.05, 0.1) is 0 Å². The average molecular weight is 298 g/mol. The van der Waals surface area contributed by atoms with Crippen molar-refractivity contribution in [3.05, 3.63) is 0 Å². The van der Waals surface area contributed by atoms with Crippen LogP contribution in [0.5, 0.6) is 0 Å². The molecule has 0 aromatic carbocycles. The minimum absolute atomic E-state index is 0.0884. The van der Waals surface area contributed by atoms with Crippen LogP contribution in [0.4, 0.5) is 4.79 Å². The standard InChI is InChI=1S/C16H30N2O3/c1-11(2)13(7-8-15(19)20)9-10-17-16(21)18-14-6-4-5-12(14)3/h11-14H,4-10H2,1-3H3,(H,19,20)(H2,17,18,21). The molecule has 0 spiro atoms. The zero-order chi connectivity index (χ0) is 15.8. The first-order chi connectivity index (χ1) is 9.90. The van der Waals surface area contributed by atoms with E-state index in [4.69, 9.17) is 5.11 Å². The van der Waals surface area contributed by atoms with E-state index in [2.05, 4.69) is 31.4 Å². The third kappa shape index (κ3) is 6.82. The van der Waals surface area contributed by atoms with Crippen molar-refractivity contribution in [2.24, 2.45) is 17.8 Å². The predicted octanol–water partition coefficient (Wildman–Crippen LogP) is 3.00. The predicted molar refractivity (Wildman–Crippen MR) is 83.2 cm³/mol. The number of carbonyl (C=O) groups is 2. The summed E-state index contributed by atoms with van der Waals surface area (Å²) in [4.78, 5) is 22.5. The lowest BCUT2D eigenvalue weighted by Gasteiger charge is -2.21. The van der Waals surface area contributed by atoms with E-state index in [9.17, 15) is 9.59 Å². The van der Waals surface area contributed by atoms with Gasteiger partial charge in [-0.3, -0.25) is 4.79 Å². The Hall–Kier alpha value is -1.26. The summed E-state index contributed by atoms with van der Waals surface area (Å²) in [7, 11) is 0. The van der Waals surface area contributed by atoms with Crippen molar-refractivity contribution in [1.82, 2.24) is 10.6 Å². The van der Waals surface area contributed by atoms with Crippen LogP contribution in [0.3, 0.4) is 0 Å². The molecule has 1 aliphatic rings. The molecule has 21 heavy (non-hydrogen) atoms. The van der Waals surface area contributed by atoms with E-state index in [-0.39, 0.29) is 12.5 Å². The van der Waals surface area contributed by atoms with E-state index >= 15 is 0 Å².